The third kappa shape index (κ3) is 5.01. The van der Waals surface area contributed by atoms with Gasteiger partial charge < -0.3 is 20.7 Å². The van der Waals surface area contributed by atoms with Crippen molar-refractivity contribution in [3.8, 4) is 11.3 Å². The predicted molar refractivity (Wildman–Crippen MR) is 130 cm³/mol. The predicted octanol–water partition coefficient (Wildman–Crippen LogP) is 4.33. The quantitative estimate of drug-likeness (QED) is 0.458. The van der Waals surface area contributed by atoms with Crippen LogP contribution >= 0.6 is 0 Å². The lowest BCUT2D eigenvalue weighted by Crippen LogP contribution is -2.27. The van der Waals surface area contributed by atoms with E-state index in [1.54, 1.807) is 0 Å². The van der Waals surface area contributed by atoms with Crippen LogP contribution in [0.2, 0.25) is 0 Å². The molecular formula is C25H26N6O2. The van der Waals surface area contributed by atoms with Crippen LogP contribution < -0.4 is 16.0 Å². The van der Waals surface area contributed by atoms with Gasteiger partial charge in [0.15, 0.2) is 5.65 Å². The van der Waals surface area contributed by atoms with Crippen molar-refractivity contribution in [3.05, 3.63) is 78.1 Å². The topological polar surface area (TPSA) is 106 Å². The van der Waals surface area contributed by atoms with Gasteiger partial charge in [-0.15, -0.1) is 0 Å². The van der Waals surface area contributed by atoms with Gasteiger partial charge in [-0.25, -0.2) is 19.7 Å². The number of carbonyl (C=O) groups is 1. The molecule has 4 aromatic rings. The summed E-state index contributed by atoms with van der Waals surface area (Å²) < 4.78 is 5.38. The Balaban J connectivity index is 1.63. The molecule has 1 atom stereocenters. The van der Waals surface area contributed by atoms with Gasteiger partial charge in [0, 0.05) is 25.3 Å². The lowest BCUT2D eigenvalue weighted by Gasteiger charge is -2.18. The van der Waals surface area contributed by atoms with Gasteiger partial charge in [0.2, 0.25) is 0 Å². The Morgan fingerprint density at radius 1 is 1.09 bits per heavy atom. The number of hydrogen-bond donors (Lipinski definition) is 2. The highest BCUT2D eigenvalue weighted by Crippen LogP contribution is 2.31. The first-order valence-electron chi connectivity index (χ1n) is 10.6. The van der Waals surface area contributed by atoms with Crippen molar-refractivity contribution < 1.29 is 9.53 Å². The SMILES string of the molecule is CC(NC(=O)OCc1ccccc1)c1cc(-c2ccc(N(C)C)cc2)nc2ncnc(N)c12. The molecule has 168 valence electrons. The molecule has 1 unspecified atom stereocenters. The average molecular weight is 443 g/mol. The monoisotopic (exact) mass is 442 g/mol. The summed E-state index contributed by atoms with van der Waals surface area (Å²) in [5, 5.41) is 3.49. The van der Waals surface area contributed by atoms with Crippen molar-refractivity contribution in [1.82, 2.24) is 20.3 Å². The summed E-state index contributed by atoms with van der Waals surface area (Å²) in [5.41, 5.74) is 11.1. The van der Waals surface area contributed by atoms with Crippen LogP contribution in [0.1, 0.15) is 24.1 Å². The lowest BCUT2D eigenvalue weighted by atomic mass is 10.0. The van der Waals surface area contributed by atoms with E-state index in [4.69, 9.17) is 15.5 Å². The number of fused-ring (bicyclic) bond motifs is 1. The summed E-state index contributed by atoms with van der Waals surface area (Å²) in [5.74, 6) is 0.309. The number of nitrogens with two attached hydrogens (primary N) is 1. The Morgan fingerprint density at radius 3 is 2.52 bits per heavy atom. The zero-order valence-electron chi connectivity index (χ0n) is 18.8. The van der Waals surface area contributed by atoms with E-state index in [9.17, 15) is 4.79 Å². The van der Waals surface area contributed by atoms with Crippen LogP contribution in [0.15, 0.2) is 67.0 Å². The first kappa shape index (κ1) is 22.0. The second-order valence-electron chi connectivity index (χ2n) is 7.92. The Morgan fingerprint density at radius 2 is 1.82 bits per heavy atom. The van der Waals surface area contributed by atoms with Crippen molar-refractivity contribution in [2.24, 2.45) is 0 Å². The second-order valence-corrected chi connectivity index (χ2v) is 7.92. The van der Waals surface area contributed by atoms with Gasteiger partial charge in [-0.2, -0.15) is 0 Å². The number of nitrogen functional groups attached to an aromatic ring is 1. The normalized spacial score (nSPS) is 11.7. The fraction of sp³-hybridized carbons (Fsp3) is 0.200. The van der Waals surface area contributed by atoms with Gasteiger partial charge in [-0.1, -0.05) is 42.5 Å². The van der Waals surface area contributed by atoms with Crippen molar-refractivity contribution >= 4 is 28.6 Å². The van der Waals surface area contributed by atoms with Crippen molar-refractivity contribution in [1.29, 1.82) is 0 Å². The molecular weight excluding hydrogens is 416 g/mol. The molecule has 0 fully saturated rings. The minimum Gasteiger partial charge on any atom is -0.445 e. The van der Waals surface area contributed by atoms with Gasteiger partial charge in [0.05, 0.1) is 17.1 Å². The van der Waals surface area contributed by atoms with Crippen molar-refractivity contribution in [2.45, 2.75) is 19.6 Å². The zero-order chi connectivity index (χ0) is 23.4. The molecule has 8 nitrogen and oxygen atoms in total. The minimum absolute atomic E-state index is 0.186. The standard InChI is InChI=1S/C25H26N6O2/c1-16(29-25(32)33-14-17-7-5-4-6-8-17)20-13-21(18-9-11-19(12-10-18)31(2)3)30-24-22(20)23(26)27-15-28-24/h4-13,15-16H,14H2,1-3H3,(H,29,32)(H2,26,27,28,30). The van der Waals surface area contributed by atoms with Crippen LogP contribution in [0, 0.1) is 0 Å². The fourth-order valence-corrected chi connectivity index (χ4v) is 3.56. The molecule has 1 amide bonds. The number of anilines is 2. The highest BCUT2D eigenvalue weighted by atomic mass is 16.5. The maximum absolute atomic E-state index is 12.5. The van der Waals surface area contributed by atoms with Crippen LogP contribution in [-0.4, -0.2) is 35.1 Å². The van der Waals surface area contributed by atoms with E-state index in [0.717, 1.165) is 28.1 Å². The maximum Gasteiger partial charge on any atom is 0.407 e. The summed E-state index contributed by atoms with van der Waals surface area (Å²) >= 11 is 0. The molecule has 2 aromatic carbocycles. The second kappa shape index (κ2) is 9.52. The van der Waals surface area contributed by atoms with E-state index >= 15 is 0 Å². The molecule has 0 saturated heterocycles. The minimum atomic E-state index is -0.524. The number of carbonyl (C=O) groups excluding carboxylic acids is 1. The van der Waals surface area contributed by atoms with Crippen LogP contribution in [-0.2, 0) is 11.3 Å². The van der Waals surface area contributed by atoms with E-state index in [2.05, 4.69) is 15.3 Å². The number of ether oxygens (including phenoxy) is 1. The summed E-state index contributed by atoms with van der Waals surface area (Å²) in [6, 6.07) is 19.1. The van der Waals surface area contributed by atoms with Gasteiger partial charge in [0.1, 0.15) is 18.8 Å². The molecule has 2 aromatic heterocycles. The van der Waals surface area contributed by atoms with Gasteiger partial charge in [-0.3, -0.25) is 0 Å². The van der Waals surface area contributed by atoms with Gasteiger partial charge in [-0.05, 0) is 36.2 Å². The Labute approximate surface area is 192 Å². The smallest absolute Gasteiger partial charge is 0.407 e. The maximum atomic E-state index is 12.5. The number of hydrogen-bond acceptors (Lipinski definition) is 7. The molecule has 0 spiro atoms. The molecule has 0 aliphatic rings. The number of aromatic nitrogens is 3. The van der Waals surface area contributed by atoms with Gasteiger partial charge in [0.25, 0.3) is 0 Å². The van der Waals surface area contributed by atoms with Gasteiger partial charge >= 0.3 is 6.09 Å². The molecule has 0 aliphatic carbocycles. The van der Waals surface area contributed by atoms with Crippen LogP contribution in [0.3, 0.4) is 0 Å². The molecule has 0 aliphatic heterocycles. The number of amides is 1. The summed E-state index contributed by atoms with van der Waals surface area (Å²) in [7, 11) is 3.98. The molecule has 4 rings (SSSR count). The zero-order valence-corrected chi connectivity index (χ0v) is 18.8. The average Bonchev–Trinajstić information content (AvgIpc) is 2.83. The van der Waals surface area contributed by atoms with E-state index < -0.39 is 12.1 Å². The molecule has 0 bridgehead atoms. The molecule has 2 heterocycles. The third-order valence-corrected chi connectivity index (χ3v) is 5.36. The molecule has 0 saturated carbocycles. The summed E-state index contributed by atoms with van der Waals surface area (Å²) in [6.45, 7) is 2.05. The van der Waals surface area contributed by atoms with E-state index in [1.807, 2.05) is 86.6 Å². The van der Waals surface area contributed by atoms with E-state index in [0.29, 0.717) is 16.9 Å². The Hall–Kier alpha value is -4.20. The highest BCUT2D eigenvalue weighted by Gasteiger charge is 2.19. The number of benzene rings is 2. The Kier molecular flexibility index (Phi) is 6.35. The number of alkyl carbamates (subject to hydrolysis) is 1. The van der Waals surface area contributed by atoms with Crippen LogP contribution in [0.25, 0.3) is 22.3 Å². The summed E-state index contributed by atoms with van der Waals surface area (Å²) in [4.78, 5) is 27.6. The Bertz CT molecular complexity index is 1260. The number of rotatable bonds is 6. The summed E-state index contributed by atoms with van der Waals surface area (Å²) in [6.07, 6.45) is 0.864. The first-order valence-corrected chi connectivity index (χ1v) is 10.6. The molecule has 3 N–H and O–H groups in total. The van der Waals surface area contributed by atoms with E-state index in [1.165, 1.54) is 6.33 Å². The third-order valence-electron chi connectivity index (χ3n) is 5.36. The van der Waals surface area contributed by atoms with Crippen molar-refractivity contribution in [2.75, 3.05) is 24.7 Å². The fourth-order valence-electron chi connectivity index (χ4n) is 3.56. The number of pyridine rings is 1. The number of nitrogens with one attached hydrogen (secondary N) is 1. The van der Waals surface area contributed by atoms with Crippen molar-refractivity contribution in [3.63, 3.8) is 0 Å². The lowest BCUT2D eigenvalue weighted by molar-refractivity contribution is 0.136. The van der Waals surface area contributed by atoms with Crippen LogP contribution in [0.4, 0.5) is 16.3 Å². The van der Waals surface area contributed by atoms with E-state index in [-0.39, 0.29) is 6.61 Å². The molecule has 8 heteroatoms. The number of nitrogens with zero attached hydrogens (tertiary/aromatic N) is 4. The molecule has 33 heavy (non-hydrogen) atoms. The first-order chi connectivity index (χ1) is 15.9. The van der Waals surface area contributed by atoms with Crippen LogP contribution in [0.5, 0.6) is 0 Å². The highest BCUT2D eigenvalue weighted by molar-refractivity contribution is 5.91. The largest absolute Gasteiger partial charge is 0.445 e. The molecule has 0 radical (unpaired) electrons.